The third kappa shape index (κ3) is 4.65. The molecule has 0 aromatic heterocycles. The van der Waals surface area contributed by atoms with Gasteiger partial charge in [-0.25, -0.2) is 4.79 Å². The number of nitrogens with zero attached hydrogens (tertiary/aromatic N) is 1. The fourth-order valence-electron chi connectivity index (χ4n) is 2.18. The Kier molecular flexibility index (Phi) is 6.67. The lowest BCUT2D eigenvalue weighted by atomic mass is 10.1. The molecule has 0 atom stereocenters. The SMILES string of the molecule is CCS/C(C#N)=C(\Oc1ccccc1C(=O)OC)c1ccc(C)cc1. The lowest BCUT2D eigenvalue weighted by Crippen LogP contribution is -2.06. The van der Waals surface area contributed by atoms with Crippen LogP contribution in [0.15, 0.2) is 53.4 Å². The van der Waals surface area contributed by atoms with Crippen LogP contribution in [0.5, 0.6) is 5.75 Å². The maximum atomic E-state index is 12.0. The van der Waals surface area contributed by atoms with E-state index in [1.807, 2.05) is 38.1 Å². The first-order chi connectivity index (χ1) is 12.1. The van der Waals surface area contributed by atoms with E-state index in [0.717, 1.165) is 16.9 Å². The number of aryl methyl sites for hydroxylation is 1. The van der Waals surface area contributed by atoms with E-state index >= 15 is 0 Å². The number of para-hydroxylation sites is 1. The molecule has 0 spiro atoms. The summed E-state index contributed by atoms with van der Waals surface area (Å²) < 4.78 is 10.8. The van der Waals surface area contributed by atoms with Crippen LogP contribution < -0.4 is 4.74 Å². The lowest BCUT2D eigenvalue weighted by Gasteiger charge is -2.15. The predicted octanol–water partition coefficient (Wildman–Crippen LogP) is 4.81. The second-order valence-electron chi connectivity index (χ2n) is 5.16. The van der Waals surface area contributed by atoms with E-state index in [1.54, 1.807) is 24.3 Å². The molecule has 25 heavy (non-hydrogen) atoms. The van der Waals surface area contributed by atoms with Crippen LogP contribution in [0, 0.1) is 18.3 Å². The Morgan fingerprint density at radius 2 is 1.84 bits per heavy atom. The molecule has 5 heteroatoms. The minimum absolute atomic E-state index is 0.313. The summed E-state index contributed by atoms with van der Waals surface area (Å²) in [4.78, 5) is 12.4. The van der Waals surface area contributed by atoms with E-state index in [4.69, 9.17) is 9.47 Å². The number of esters is 1. The summed E-state index contributed by atoms with van der Waals surface area (Å²) in [6, 6.07) is 16.7. The molecule has 0 radical (unpaired) electrons. The van der Waals surface area contributed by atoms with Gasteiger partial charge in [0.1, 0.15) is 22.3 Å². The van der Waals surface area contributed by atoms with Crippen LogP contribution in [-0.4, -0.2) is 18.8 Å². The highest BCUT2D eigenvalue weighted by atomic mass is 32.2. The number of hydrogen-bond donors (Lipinski definition) is 0. The van der Waals surface area contributed by atoms with E-state index in [1.165, 1.54) is 18.9 Å². The molecular formula is C20H19NO3S. The Balaban J connectivity index is 2.54. The largest absolute Gasteiger partial charge is 0.465 e. The summed E-state index contributed by atoms with van der Waals surface area (Å²) in [5.74, 6) is 1.04. The van der Waals surface area contributed by atoms with E-state index < -0.39 is 5.97 Å². The van der Waals surface area contributed by atoms with Crippen molar-refractivity contribution in [3.05, 3.63) is 70.1 Å². The first-order valence-corrected chi connectivity index (χ1v) is 8.78. The summed E-state index contributed by atoms with van der Waals surface area (Å²) >= 11 is 1.40. The first kappa shape index (κ1) is 18.6. The second-order valence-corrected chi connectivity index (χ2v) is 6.43. The Bertz CT molecular complexity index is 820. The second kappa shape index (κ2) is 8.95. The number of hydrogen-bond acceptors (Lipinski definition) is 5. The third-order valence-electron chi connectivity index (χ3n) is 3.41. The summed E-state index contributed by atoms with van der Waals surface area (Å²) in [5, 5.41) is 9.55. The summed E-state index contributed by atoms with van der Waals surface area (Å²) in [7, 11) is 1.32. The Morgan fingerprint density at radius 1 is 1.16 bits per heavy atom. The highest BCUT2D eigenvalue weighted by molar-refractivity contribution is 8.03. The maximum absolute atomic E-state index is 12.0. The molecule has 0 N–H and O–H groups in total. The molecule has 0 heterocycles. The van der Waals surface area contributed by atoms with Crippen molar-refractivity contribution in [1.82, 2.24) is 0 Å². The van der Waals surface area contributed by atoms with Gasteiger partial charge in [0, 0.05) is 5.56 Å². The molecule has 0 bridgehead atoms. The Morgan fingerprint density at radius 3 is 2.44 bits per heavy atom. The monoisotopic (exact) mass is 353 g/mol. The van der Waals surface area contributed by atoms with E-state index in [-0.39, 0.29) is 0 Å². The fourth-order valence-corrected chi connectivity index (χ4v) is 2.82. The zero-order valence-electron chi connectivity index (χ0n) is 14.4. The molecule has 0 aliphatic carbocycles. The molecule has 0 aliphatic rings. The zero-order valence-corrected chi connectivity index (χ0v) is 15.2. The molecule has 0 unspecified atom stereocenters. The van der Waals surface area contributed by atoms with Crippen molar-refractivity contribution in [2.75, 3.05) is 12.9 Å². The number of methoxy groups -OCH3 is 1. The van der Waals surface area contributed by atoms with Gasteiger partial charge in [0.15, 0.2) is 5.76 Å². The van der Waals surface area contributed by atoms with Gasteiger partial charge >= 0.3 is 5.97 Å². The van der Waals surface area contributed by atoms with Gasteiger partial charge in [0.05, 0.1) is 7.11 Å². The van der Waals surface area contributed by atoms with E-state index in [2.05, 4.69) is 6.07 Å². The molecule has 0 fully saturated rings. The van der Waals surface area contributed by atoms with Gasteiger partial charge in [-0.15, -0.1) is 11.8 Å². The molecule has 0 amide bonds. The number of allylic oxidation sites excluding steroid dienone is 1. The number of carbonyl (C=O) groups excluding carboxylic acids is 1. The minimum atomic E-state index is -0.486. The number of thioether (sulfide) groups is 1. The molecular weight excluding hydrogens is 334 g/mol. The summed E-state index contributed by atoms with van der Waals surface area (Å²) in [5.41, 5.74) is 2.20. The quantitative estimate of drug-likeness (QED) is 0.424. The topological polar surface area (TPSA) is 59.3 Å². The van der Waals surface area contributed by atoms with E-state index in [0.29, 0.717) is 22.0 Å². The van der Waals surface area contributed by atoms with Crippen LogP contribution in [-0.2, 0) is 4.74 Å². The number of carbonyl (C=O) groups is 1. The molecule has 2 aromatic carbocycles. The van der Waals surface area contributed by atoms with Crippen LogP contribution >= 0.6 is 11.8 Å². The molecule has 128 valence electrons. The van der Waals surface area contributed by atoms with Gasteiger partial charge in [-0.1, -0.05) is 48.9 Å². The average Bonchev–Trinajstić information content (AvgIpc) is 2.65. The van der Waals surface area contributed by atoms with Crippen molar-refractivity contribution in [3.63, 3.8) is 0 Å². The summed E-state index contributed by atoms with van der Waals surface area (Å²) in [6.07, 6.45) is 0. The zero-order chi connectivity index (χ0) is 18.2. The van der Waals surface area contributed by atoms with Crippen LogP contribution in [0.4, 0.5) is 0 Å². The predicted molar refractivity (Wildman–Crippen MR) is 100 cm³/mol. The Labute approximate surface area is 152 Å². The molecule has 0 aliphatic heterocycles. The Hall–Kier alpha value is -2.71. The maximum Gasteiger partial charge on any atom is 0.341 e. The minimum Gasteiger partial charge on any atom is -0.465 e. The number of ether oxygens (including phenoxy) is 2. The van der Waals surface area contributed by atoms with Crippen molar-refractivity contribution < 1.29 is 14.3 Å². The van der Waals surface area contributed by atoms with Gasteiger partial charge in [-0.2, -0.15) is 5.26 Å². The number of rotatable bonds is 6. The van der Waals surface area contributed by atoms with Crippen molar-refractivity contribution >= 4 is 23.5 Å². The molecule has 2 aromatic rings. The highest BCUT2D eigenvalue weighted by Crippen LogP contribution is 2.31. The van der Waals surface area contributed by atoms with Crippen molar-refractivity contribution in [2.45, 2.75) is 13.8 Å². The highest BCUT2D eigenvalue weighted by Gasteiger charge is 2.18. The summed E-state index contributed by atoms with van der Waals surface area (Å²) in [6.45, 7) is 3.96. The van der Waals surface area contributed by atoms with Gasteiger partial charge < -0.3 is 9.47 Å². The molecule has 0 saturated carbocycles. The smallest absolute Gasteiger partial charge is 0.341 e. The van der Waals surface area contributed by atoms with Crippen LogP contribution in [0.1, 0.15) is 28.4 Å². The van der Waals surface area contributed by atoms with Crippen LogP contribution in [0.25, 0.3) is 5.76 Å². The normalized spacial score (nSPS) is 11.3. The molecule has 0 saturated heterocycles. The van der Waals surface area contributed by atoms with Crippen molar-refractivity contribution in [3.8, 4) is 11.8 Å². The number of benzene rings is 2. The third-order valence-corrected chi connectivity index (χ3v) is 4.27. The van der Waals surface area contributed by atoms with Crippen molar-refractivity contribution in [1.29, 1.82) is 5.26 Å². The molecule has 2 rings (SSSR count). The van der Waals surface area contributed by atoms with Crippen LogP contribution in [0.3, 0.4) is 0 Å². The number of nitriles is 1. The first-order valence-electron chi connectivity index (χ1n) is 7.80. The van der Waals surface area contributed by atoms with Gasteiger partial charge in [0.2, 0.25) is 0 Å². The lowest BCUT2D eigenvalue weighted by molar-refractivity contribution is 0.0598. The van der Waals surface area contributed by atoms with Crippen LogP contribution in [0.2, 0.25) is 0 Å². The van der Waals surface area contributed by atoms with E-state index in [9.17, 15) is 10.1 Å². The molecule has 4 nitrogen and oxygen atoms in total. The van der Waals surface area contributed by atoms with Gasteiger partial charge in [0.25, 0.3) is 0 Å². The van der Waals surface area contributed by atoms with Gasteiger partial charge in [-0.05, 0) is 24.8 Å². The fraction of sp³-hybridized carbons (Fsp3) is 0.200. The van der Waals surface area contributed by atoms with Crippen molar-refractivity contribution in [2.24, 2.45) is 0 Å². The standard InChI is InChI=1S/C20H19NO3S/c1-4-25-18(13-21)19(15-11-9-14(2)10-12-15)24-17-8-6-5-7-16(17)20(22)23-3/h5-12H,4H2,1-3H3/b19-18-. The average molecular weight is 353 g/mol. The van der Waals surface area contributed by atoms with Gasteiger partial charge in [-0.3, -0.25) is 0 Å².